The molecule has 19 heavy (non-hydrogen) atoms. The summed E-state index contributed by atoms with van der Waals surface area (Å²) in [6.07, 6.45) is 3.70. The molecule has 0 aliphatic carbocycles. The monoisotopic (exact) mass is 288 g/mol. The third kappa shape index (κ3) is 3.55. The molecule has 1 aromatic rings. The van der Waals surface area contributed by atoms with Crippen LogP contribution in [-0.2, 0) is 16.6 Å². The van der Waals surface area contributed by atoms with Gasteiger partial charge in [-0.05, 0) is 6.42 Å². The van der Waals surface area contributed by atoms with Gasteiger partial charge in [0.1, 0.15) is 4.90 Å². The third-order valence-electron chi connectivity index (χ3n) is 2.51. The summed E-state index contributed by atoms with van der Waals surface area (Å²) >= 11 is 0. The van der Waals surface area contributed by atoms with E-state index in [-0.39, 0.29) is 30.4 Å². The SMILES string of the molecule is C=CCN(CCO)S(=O)(=O)c1cn(CCC)nc1N. The van der Waals surface area contributed by atoms with Gasteiger partial charge in [-0.2, -0.15) is 9.40 Å². The Morgan fingerprint density at radius 1 is 1.63 bits per heavy atom. The van der Waals surface area contributed by atoms with Gasteiger partial charge < -0.3 is 10.8 Å². The topological polar surface area (TPSA) is 101 Å². The van der Waals surface area contributed by atoms with Gasteiger partial charge in [0.05, 0.1) is 6.61 Å². The van der Waals surface area contributed by atoms with Crippen molar-refractivity contribution in [2.45, 2.75) is 24.8 Å². The highest BCUT2D eigenvalue weighted by Crippen LogP contribution is 2.21. The van der Waals surface area contributed by atoms with Crippen LogP contribution in [-0.4, -0.2) is 47.3 Å². The van der Waals surface area contributed by atoms with E-state index in [9.17, 15) is 8.42 Å². The highest BCUT2D eigenvalue weighted by atomic mass is 32.2. The van der Waals surface area contributed by atoms with Crippen LogP contribution in [0.15, 0.2) is 23.7 Å². The van der Waals surface area contributed by atoms with Crippen LogP contribution in [0, 0.1) is 0 Å². The Bertz CT molecular complexity index is 524. The molecule has 1 rings (SSSR count). The van der Waals surface area contributed by atoms with Crippen molar-refractivity contribution in [1.29, 1.82) is 0 Å². The van der Waals surface area contributed by atoms with Crippen LogP contribution in [0.5, 0.6) is 0 Å². The fraction of sp³-hybridized carbons (Fsp3) is 0.545. The van der Waals surface area contributed by atoms with Gasteiger partial charge in [0.25, 0.3) is 0 Å². The number of nitrogens with two attached hydrogens (primary N) is 1. The Hall–Kier alpha value is -1.38. The van der Waals surface area contributed by atoms with E-state index in [1.165, 1.54) is 17.0 Å². The largest absolute Gasteiger partial charge is 0.395 e. The van der Waals surface area contributed by atoms with E-state index in [1.807, 2.05) is 6.92 Å². The van der Waals surface area contributed by atoms with E-state index in [4.69, 9.17) is 10.8 Å². The molecule has 0 radical (unpaired) electrons. The number of aliphatic hydroxyl groups is 1. The van der Waals surface area contributed by atoms with E-state index >= 15 is 0 Å². The predicted molar refractivity (Wildman–Crippen MR) is 73.0 cm³/mol. The fourth-order valence-corrected chi connectivity index (χ4v) is 3.13. The first kappa shape index (κ1) is 15.7. The van der Waals surface area contributed by atoms with Crippen LogP contribution in [0.4, 0.5) is 5.82 Å². The molecule has 0 aromatic carbocycles. The Morgan fingerprint density at radius 3 is 2.84 bits per heavy atom. The molecule has 3 N–H and O–H groups in total. The molecular weight excluding hydrogens is 268 g/mol. The fourth-order valence-electron chi connectivity index (χ4n) is 1.66. The smallest absolute Gasteiger partial charge is 0.248 e. The summed E-state index contributed by atoms with van der Waals surface area (Å²) in [5.74, 6) is -0.0274. The Balaban J connectivity index is 3.13. The van der Waals surface area contributed by atoms with Crippen LogP contribution in [0.25, 0.3) is 0 Å². The molecule has 8 heteroatoms. The first-order chi connectivity index (χ1) is 8.97. The number of rotatable bonds is 8. The van der Waals surface area contributed by atoms with Crippen molar-refractivity contribution in [3.8, 4) is 0 Å². The lowest BCUT2D eigenvalue weighted by Crippen LogP contribution is -2.34. The van der Waals surface area contributed by atoms with Gasteiger partial charge in [-0.15, -0.1) is 6.58 Å². The number of aryl methyl sites for hydroxylation is 1. The lowest BCUT2D eigenvalue weighted by molar-refractivity contribution is 0.260. The zero-order chi connectivity index (χ0) is 14.5. The highest BCUT2D eigenvalue weighted by molar-refractivity contribution is 7.89. The molecule has 0 saturated heterocycles. The minimum atomic E-state index is -3.76. The lowest BCUT2D eigenvalue weighted by atomic mass is 10.5. The Labute approximate surface area is 113 Å². The average molecular weight is 288 g/mol. The molecule has 0 bridgehead atoms. The maximum atomic E-state index is 12.4. The van der Waals surface area contributed by atoms with Crippen molar-refractivity contribution >= 4 is 15.8 Å². The summed E-state index contributed by atoms with van der Waals surface area (Å²) in [5.41, 5.74) is 5.66. The van der Waals surface area contributed by atoms with Gasteiger partial charge in [0.15, 0.2) is 5.82 Å². The van der Waals surface area contributed by atoms with Crippen molar-refractivity contribution in [1.82, 2.24) is 14.1 Å². The second kappa shape index (κ2) is 6.69. The van der Waals surface area contributed by atoms with Gasteiger partial charge in [-0.1, -0.05) is 13.0 Å². The molecular formula is C11H20N4O3S. The number of hydrogen-bond donors (Lipinski definition) is 2. The molecule has 1 aromatic heterocycles. The Morgan fingerprint density at radius 2 is 2.32 bits per heavy atom. The van der Waals surface area contributed by atoms with E-state index in [0.717, 1.165) is 10.7 Å². The zero-order valence-corrected chi connectivity index (χ0v) is 11.8. The molecule has 1 heterocycles. The van der Waals surface area contributed by atoms with Crippen molar-refractivity contribution in [3.63, 3.8) is 0 Å². The normalized spacial score (nSPS) is 11.9. The van der Waals surface area contributed by atoms with Crippen molar-refractivity contribution in [3.05, 3.63) is 18.9 Å². The van der Waals surface area contributed by atoms with Crippen LogP contribution in [0.3, 0.4) is 0 Å². The number of aromatic nitrogens is 2. The molecule has 0 unspecified atom stereocenters. The van der Waals surface area contributed by atoms with E-state index < -0.39 is 10.0 Å². The van der Waals surface area contributed by atoms with Crippen molar-refractivity contribution < 1.29 is 13.5 Å². The minimum absolute atomic E-state index is 0.00719. The second-order valence-corrected chi connectivity index (χ2v) is 5.92. The minimum Gasteiger partial charge on any atom is -0.395 e. The molecule has 7 nitrogen and oxygen atoms in total. The quantitative estimate of drug-likeness (QED) is 0.658. The predicted octanol–water partition coefficient (Wildman–Crippen LogP) is 0.0443. The molecule has 0 atom stereocenters. The first-order valence-electron chi connectivity index (χ1n) is 6.02. The summed E-state index contributed by atoms with van der Waals surface area (Å²) in [6, 6.07) is 0. The number of hydrogen-bond acceptors (Lipinski definition) is 5. The summed E-state index contributed by atoms with van der Waals surface area (Å²) in [6.45, 7) is 5.90. The molecule has 0 aliphatic heterocycles. The van der Waals surface area contributed by atoms with Crippen molar-refractivity contribution in [2.24, 2.45) is 0 Å². The molecule has 0 amide bonds. The maximum absolute atomic E-state index is 12.4. The van der Waals surface area contributed by atoms with E-state index in [2.05, 4.69) is 11.7 Å². The Kier molecular flexibility index (Phi) is 5.52. The number of nitrogens with zero attached hydrogens (tertiary/aromatic N) is 3. The zero-order valence-electron chi connectivity index (χ0n) is 11.0. The van der Waals surface area contributed by atoms with Crippen molar-refractivity contribution in [2.75, 3.05) is 25.4 Å². The van der Waals surface area contributed by atoms with Crippen LogP contribution >= 0.6 is 0 Å². The van der Waals surface area contributed by atoms with Crippen LogP contribution < -0.4 is 5.73 Å². The molecule has 0 aliphatic rings. The summed E-state index contributed by atoms with van der Waals surface area (Å²) < 4.78 is 27.4. The molecule has 0 saturated carbocycles. The van der Waals surface area contributed by atoms with Crippen LogP contribution in [0.1, 0.15) is 13.3 Å². The van der Waals surface area contributed by atoms with Gasteiger partial charge in [-0.3, -0.25) is 4.68 Å². The summed E-state index contributed by atoms with van der Waals surface area (Å²) in [5, 5.41) is 12.9. The number of anilines is 1. The van der Waals surface area contributed by atoms with E-state index in [0.29, 0.717) is 6.54 Å². The van der Waals surface area contributed by atoms with Gasteiger partial charge in [0, 0.05) is 25.8 Å². The highest BCUT2D eigenvalue weighted by Gasteiger charge is 2.27. The standard InChI is InChI=1S/C11H20N4O3S/c1-3-5-14-9-10(11(12)13-14)19(17,18)15(6-4-2)7-8-16/h4,9,16H,2-3,5-8H2,1H3,(H2,12,13). The average Bonchev–Trinajstić information content (AvgIpc) is 2.71. The summed E-state index contributed by atoms with van der Waals surface area (Å²) in [4.78, 5) is -0.0312. The van der Waals surface area contributed by atoms with Gasteiger partial charge >= 0.3 is 0 Å². The first-order valence-corrected chi connectivity index (χ1v) is 7.46. The van der Waals surface area contributed by atoms with Crippen LogP contribution in [0.2, 0.25) is 0 Å². The maximum Gasteiger partial charge on any atom is 0.248 e. The molecule has 0 fully saturated rings. The molecule has 0 spiro atoms. The molecule has 108 valence electrons. The van der Waals surface area contributed by atoms with E-state index in [1.54, 1.807) is 0 Å². The number of nitrogen functional groups attached to an aromatic ring is 1. The third-order valence-corrected chi connectivity index (χ3v) is 4.39. The second-order valence-electron chi connectivity index (χ2n) is 4.02. The van der Waals surface area contributed by atoms with Gasteiger partial charge in [-0.25, -0.2) is 8.42 Å². The number of sulfonamides is 1. The van der Waals surface area contributed by atoms with Gasteiger partial charge in [0.2, 0.25) is 10.0 Å². The lowest BCUT2D eigenvalue weighted by Gasteiger charge is -2.18. The number of aliphatic hydroxyl groups excluding tert-OH is 1. The summed E-state index contributed by atoms with van der Waals surface area (Å²) in [7, 11) is -3.76.